The third-order valence-corrected chi connectivity index (χ3v) is 3.07. The summed E-state index contributed by atoms with van der Waals surface area (Å²) in [7, 11) is 1.71. The van der Waals surface area contributed by atoms with Crippen LogP contribution in [0.15, 0.2) is 18.2 Å². The van der Waals surface area contributed by atoms with Gasteiger partial charge in [0.15, 0.2) is 0 Å². The van der Waals surface area contributed by atoms with Gasteiger partial charge in [0.1, 0.15) is 0 Å². The highest BCUT2D eigenvalue weighted by molar-refractivity contribution is 14.1. The highest BCUT2D eigenvalue weighted by atomic mass is 127. The molecule has 4 heteroatoms. The van der Waals surface area contributed by atoms with Crippen molar-refractivity contribution in [3.63, 3.8) is 0 Å². The van der Waals surface area contributed by atoms with Crippen LogP contribution in [0.5, 0.6) is 0 Å². The van der Waals surface area contributed by atoms with E-state index in [0.717, 1.165) is 32.8 Å². The van der Waals surface area contributed by atoms with E-state index < -0.39 is 0 Å². The van der Waals surface area contributed by atoms with Gasteiger partial charge in [0.05, 0.1) is 6.61 Å². The molecule has 3 nitrogen and oxygen atoms in total. The molecule has 0 aliphatic heterocycles. The highest BCUT2D eigenvalue weighted by Gasteiger charge is 1.98. The molecule has 0 heterocycles. The highest BCUT2D eigenvalue weighted by Crippen LogP contribution is 2.17. The number of rotatable bonds is 8. The van der Waals surface area contributed by atoms with Crippen LogP contribution in [0.1, 0.15) is 12.0 Å². The summed E-state index contributed by atoms with van der Waals surface area (Å²) in [6.45, 7) is 5.21. The lowest BCUT2D eigenvalue weighted by molar-refractivity contribution is 0.109. The third kappa shape index (κ3) is 6.24. The molecule has 1 N–H and O–H groups in total. The number of anilines is 1. The van der Waals surface area contributed by atoms with E-state index in [1.807, 2.05) is 0 Å². The molecule has 17 heavy (non-hydrogen) atoms. The largest absolute Gasteiger partial charge is 0.385 e. The summed E-state index contributed by atoms with van der Waals surface area (Å²) in [6, 6.07) is 6.40. The fourth-order valence-corrected chi connectivity index (χ4v) is 1.94. The average molecular weight is 349 g/mol. The van der Waals surface area contributed by atoms with Gasteiger partial charge in [0.2, 0.25) is 0 Å². The summed E-state index contributed by atoms with van der Waals surface area (Å²) >= 11 is 2.32. The molecule has 1 aromatic rings. The fourth-order valence-electron chi connectivity index (χ4n) is 1.45. The number of hydrogen-bond donors (Lipinski definition) is 1. The lowest BCUT2D eigenvalue weighted by Gasteiger charge is -2.10. The monoisotopic (exact) mass is 349 g/mol. The van der Waals surface area contributed by atoms with E-state index in [-0.39, 0.29) is 0 Å². The Morgan fingerprint density at radius 1 is 1.24 bits per heavy atom. The lowest BCUT2D eigenvalue weighted by Crippen LogP contribution is -2.11. The summed E-state index contributed by atoms with van der Waals surface area (Å²) in [5.41, 5.74) is 2.46. The van der Waals surface area contributed by atoms with E-state index in [0.29, 0.717) is 0 Å². The van der Waals surface area contributed by atoms with Gasteiger partial charge in [-0.05, 0) is 53.6 Å². The molecule has 0 bridgehead atoms. The minimum Gasteiger partial charge on any atom is -0.385 e. The summed E-state index contributed by atoms with van der Waals surface area (Å²) < 4.78 is 11.7. The number of halogens is 1. The Hall–Kier alpha value is -0.330. The Morgan fingerprint density at radius 3 is 2.82 bits per heavy atom. The van der Waals surface area contributed by atoms with E-state index in [1.54, 1.807) is 7.11 Å². The van der Waals surface area contributed by atoms with Crippen molar-refractivity contribution in [3.05, 3.63) is 27.3 Å². The van der Waals surface area contributed by atoms with Gasteiger partial charge in [-0.1, -0.05) is 6.07 Å². The normalized spacial score (nSPS) is 10.5. The number of benzene rings is 1. The van der Waals surface area contributed by atoms with Gasteiger partial charge in [0.25, 0.3) is 0 Å². The van der Waals surface area contributed by atoms with E-state index in [1.165, 1.54) is 14.8 Å². The van der Waals surface area contributed by atoms with Crippen molar-refractivity contribution in [2.45, 2.75) is 13.3 Å². The molecule has 0 spiro atoms. The first kappa shape index (κ1) is 14.7. The molecule has 0 aliphatic carbocycles. The molecule has 0 radical (unpaired) electrons. The van der Waals surface area contributed by atoms with Crippen molar-refractivity contribution in [1.29, 1.82) is 0 Å². The van der Waals surface area contributed by atoms with Crippen LogP contribution >= 0.6 is 22.6 Å². The lowest BCUT2D eigenvalue weighted by atomic mass is 10.2. The van der Waals surface area contributed by atoms with Crippen molar-refractivity contribution in [3.8, 4) is 0 Å². The van der Waals surface area contributed by atoms with Crippen LogP contribution in [-0.2, 0) is 9.47 Å². The summed E-state index contributed by atoms with van der Waals surface area (Å²) in [5, 5.41) is 3.38. The zero-order valence-electron chi connectivity index (χ0n) is 10.5. The second kappa shape index (κ2) is 8.72. The number of methoxy groups -OCH3 is 1. The molecule has 0 saturated carbocycles. The van der Waals surface area contributed by atoms with Gasteiger partial charge in [-0.25, -0.2) is 0 Å². The molecule has 0 aliphatic rings. The molecule has 0 saturated heterocycles. The Kier molecular flexibility index (Phi) is 7.55. The van der Waals surface area contributed by atoms with Gasteiger partial charge in [-0.2, -0.15) is 0 Å². The third-order valence-electron chi connectivity index (χ3n) is 2.40. The van der Waals surface area contributed by atoms with Crippen molar-refractivity contribution >= 4 is 28.3 Å². The van der Waals surface area contributed by atoms with Crippen molar-refractivity contribution in [1.82, 2.24) is 0 Å². The second-order valence-electron chi connectivity index (χ2n) is 3.84. The first-order valence-electron chi connectivity index (χ1n) is 5.80. The maximum Gasteiger partial charge on any atom is 0.0639 e. The maximum absolute atomic E-state index is 5.48. The quantitative estimate of drug-likeness (QED) is 0.578. The Labute approximate surface area is 117 Å². The van der Waals surface area contributed by atoms with Gasteiger partial charge in [-0.15, -0.1) is 0 Å². The molecule has 0 aromatic heterocycles. The summed E-state index contributed by atoms with van der Waals surface area (Å²) in [6.07, 6.45) is 0.957. The topological polar surface area (TPSA) is 30.5 Å². The molecule has 0 unspecified atom stereocenters. The van der Waals surface area contributed by atoms with Gasteiger partial charge < -0.3 is 14.8 Å². The van der Waals surface area contributed by atoms with Crippen LogP contribution < -0.4 is 5.32 Å². The van der Waals surface area contributed by atoms with Crippen LogP contribution in [-0.4, -0.2) is 33.5 Å². The van der Waals surface area contributed by atoms with E-state index in [2.05, 4.69) is 53.0 Å². The van der Waals surface area contributed by atoms with Gasteiger partial charge >= 0.3 is 0 Å². The predicted octanol–water partition coefficient (Wildman–Crippen LogP) is 3.06. The zero-order chi connectivity index (χ0) is 12.5. The zero-order valence-corrected chi connectivity index (χ0v) is 12.6. The maximum atomic E-state index is 5.48. The van der Waals surface area contributed by atoms with Crippen molar-refractivity contribution in [2.75, 3.05) is 38.8 Å². The molecule has 1 aromatic carbocycles. The van der Waals surface area contributed by atoms with E-state index in [4.69, 9.17) is 9.47 Å². The molecule has 96 valence electrons. The molecule has 0 atom stereocenters. The van der Waals surface area contributed by atoms with Gasteiger partial charge in [-0.3, -0.25) is 0 Å². The number of aryl methyl sites for hydroxylation is 1. The van der Waals surface area contributed by atoms with Crippen molar-refractivity contribution < 1.29 is 9.47 Å². The number of hydrogen-bond acceptors (Lipinski definition) is 3. The minimum absolute atomic E-state index is 0.731. The molecule has 1 rings (SSSR count). The minimum atomic E-state index is 0.731. The SMILES string of the molecule is COCCCOCCNc1cc(I)ccc1C. The van der Waals surface area contributed by atoms with Crippen molar-refractivity contribution in [2.24, 2.45) is 0 Å². The van der Waals surface area contributed by atoms with E-state index >= 15 is 0 Å². The average Bonchev–Trinajstić information content (AvgIpc) is 2.32. The first-order chi connectivity index (χ1) is 8.24. The Balaban J connectivity index is 2.15. The predicted molar refractivity (Wildman–Crippen MR) is 79.7 cm³/mol. The van der Waals surface area contributed by atoms with Crippen LogP contribution in [0.25, 0.3) is 0 Å². The summed E-state index contributed by atoms with van der Waals surface area (Å²) in [5.74, 6) is 0. The smallest absolute Gasteiger partial charge is 0.0639 e. The number of ether oxygens (including phenoxy) is 2. The molecular weight excluding hydrogens is 329 g/mol. The van der Waals surface area contributed by atoms with Crippen LogP contribution in [0.2, 0.25) is 0 Å². The first-order valence-corrected chi connectivity index (χ1v) is 6.88. The molecular formula is C13H20INO2. The standard InChI is InChI=1S/C13H20INO2/c1-11-4-5-12(14)10-13(11)15-6-9-17-8-3-7-16-2/h4-5,10,15H,3,6-9H2,1-2H3. The van der Waals surface area contributed by atoms with E-state index in [9.17, 15) is 0 Å². The summed E-state index contributed by atoms with van der Waals surface area (Å²) in [4.78, 5) is 0. The Bertz CT molecular complexity index is 331. The second-order valence-corrected chi connectivity index (χ2v) is 5.09. The number of nitrogens with one attached hydrogen (secondary N) is 1. The van der Waals surface area contributed by atoms with Gasteiger partial charge in [0, 0.05) is 36.1 Å². The van der Waals surface area contributed by atoms with Crippen LogP contribution in [0.4, 0.5) is 5.69 Å². The Morgan fingerprint density at radius 2 is 2.06 bits per heavy atom. The molecule has 0 fully saturated rings. The molecule has 0 amide bonds. The fraction of sp³-hybridized carbons (Fsp3) is 0.538. The van der Waals surface area contributed by atoms with Crippen LogP contribution in [0.3, 0.4) is 0 Å². The van der Waals surface area contributed by atoms with Crippen LogP contribution in [0, 0.1) is 10.5 Å².